The first-order valence-electron chi connectivity index (χ1n) is 9.39. The van der Waals surface area contributed by atoms with E-state index in [0.717, 1.165) is 44.7 Å². The molecule has 2 N–H and O–H groups in total. The highest BCUT2D eigenvalue weighted by molar-refractivity contribution is 5.76. The highest BCUT2D eigenvalue weighted by Gasteiger charge is 2.53. The van der Waals surface area contributed by atoms with E-state index in [9.17, 15) is 9.90 Å². The molecule has 0 bridgehead atoms. The molecule has 2 saturated heterocycles. The zero-order valence-electron chi connectivity index (χ0n) is 15.0. The number of fused-ring (bicyclic) bond motifs is 1. The Hall–Kier alpha value is -2.18. The van der Waals surface area contributed by atoms with Crippen LogP contribution in [-0.4, -0.2) is 56.5 Å². The van der Waals surface area contributed by atoms with Gasteiger partial charge in [-0.2, -0.15) is 0 Å². The van der Waals surface area contributed by atoms with Crippen molar-refractivity contribution >= 4 is 5.97 Å². The second kappa shape index (κ2) is 7.21. The van der Waals surface area contributed by atoms with E-state index in [1.54, 1.807) is 6.20 Å². The Morgan fingerprint density at radius 1 is 1.27 bits per heavy atom. The number of benzene rings is 1. The number of carbonyl (C=O) groups is 1. The van der Waals surface area contributed by atoms with Crippen LogP contribution in [-0.2, 0) is 17.9 Å². The van der Waals surface area contributed by atoms with E-state index in [1.807, 2.05) is 24.4 Å². The minimum absolute atomic E-state index is 0.0749. The second-order valence-electron chi connectivity index (χ2n) is 7.57. The van der Waals surface area contributed by atoms with Gasteiger partial charge in [-0.25, -0.2) is 4.98 Å². The van der Waals surface area contributed by atoms with Gasteiger partial charge in [0.2, 0.25) is 0 Å². The molecule has 0 radical (unpaired) electrons. The maximum absolute atomic E-state index is 12.4. The van der Waals surface area contributed by atoms with E-state index in [-0.39, 0.29) is 6.04 Å². The van der Waals surface area contributed by atoms with Crippen LogP contribution < -0.4 is 0 Å². The lowest BCUT2D eigenvalue weighted by Crippen LogP contribution is -2.63. The third-order valence-electron chi connectivity index (χ3n) is 5.95. The quantitative estimate of drug-likeness (QED) is 0.862. The Kier molecular flexibility index (Phi) is 4.78. The van der Waals surface area contributed by atoms with Gasteiger partial charge in [-0.05, 0) is 31.4 Å². The number of carboxylic acid groups (broad SMARTS) is 1. The van der Waals surface area contributed by atoms with E-state index in [1.165, 1.54) is 5.56 Å². The highest BCUT2D eigenvalue weighted by atomic mass is 16.4. The molecule has 6 nitrogen and oxygen atoms in total. The van der Waals surface area contributed by atoms with E-state index in [4.69, 9.17) is 0 Å². The van der Waals surface area contributed by atoms with Crippen molar-refractivity contribution in [1.29, 1.82) is 0 Å². The summed E-state index contributed by atoms with van der Waals surface area (Å²) < 4.78 is 0. The summed E-state index contributed by atoms with van der Waals surface area (Å²) in [6.07, 6.45) is 6.15. The molecule has 0 unspecified atom stereocenters. The van der Waals surface area contributed by atoms with Gasteiger partial charge in [0, 0.05) is 38.1 Å². The third-order valence-corrected chi connectivity index (χ3v) is 5.95. The summed E-state index contributed by atoms with van der Waals surface area (Å²) in [4.78, 5) is 24.5. The molecular formula is C20H26N4O2. The first-order valence-corrected chi connectivity index (χ1v) is 9.39. The molecular weight excluding hydrogens is 328 g/mol. The van der Waals surface area contributed by atoms with Gasteiger partial charge in [0.25, 0.3) is 0 Å². The number of rotatable bonds is 5. The van der Waals surface area contributed by atoms with Gasteiger partial charge in [0.05, 0.1) is 12.0 Å². The van der Waals surface area contributed by atoms with Crippen LogP contribution in [0.3, 0.4) is 0 Å². The first-order chi connectivity index (χ1) is 12.7. The van der Waals surface area contributed by atoms with Crippen LogP contribution in [0, 0.1) is 5.41 Å². The number of piperidine rings is 2. The Balaban J connectivity index is 1.53. The molecule has 2 aliphatic rings. The zero-order valence-corrected chi connectivity index (χ0v) is 15.0. The van der Waals surface area contributed by atoms with Crippen molar-refractivity contribution in [3.05, 3.63) is 54.1 Å². The van der Waals surface area contributed by atoms with Gasteiger partial charge in [-0.3, -0.25) is 14.6 Å². The molecule has 0 spiro atoms. The number of likely N-dealkylation sites (tertiary alicyclic amines) is 2. The largest absolute Gasteiger partial charge is 0.481 e. The second-order valence-corrected chi connectivity index (χ2v) is 7.57. The molecule has 2 atom stereocenters. The van der Waals surface area contributed by atoms with Crippen molar-refractivity contribution in [2.45, 2.75) is 38.4 Å². The van der Waals surface area contributed by atoms with Gasteiger partial charge >= 0.3 is 5.97 Å². The summed E-state index contributed by atoms with van der Waals surface area (Å²) >= 11 is 0. The standard InChI is InChI=1S/C20H26N4O2/c25-19(26)20-8-4-11-24(14-18-21-9-10-22-18)17(20)7-12-23(15-20)13-16-5-2-1-3-6-16/h1-3,5-6,9-10,17H,4,7-8,11-15H2,(H,21,22)(H,25,26)/t17-,20+/m1/s1. The van der Waals surface area contributed by atoms with Crippen LogP contribution in [0.25, 0.3) is 0 Å². The number of aromatic amines is 1. The minimum atomic E-state index is -0.683. The number of H-pyrrole nitrogens is 1. The Labute approximate surface area is 153 Å². The summed E-state index contributed by atoms with van der Waals surface area (Å²) in [5.74, 6) is 0.266. The lowest BCUT2D eigenvalue weighted by Gasteiger charge is -2.52. The van der Waals surface area contributed by atoms with Gasteiger partial charge in [0.15, 0.2) is 0 Å². The molecule has 6 heteroatoms. The summed E-state index contributed by atoms with van der Waals surface area (Å²) in [6, 6.07) is 10.4. The molecule has 0 saturated carbocycles. The molecule has 1 aromatic carbocycles. The number of aliphatic carboxylic acids is 1. The fourth-order valence-corrected chi connectivity index (χ4v) is 4.76. The molecule has 1 aromatic heterocycles. The summed E-state index contributed by atoms with van der Waals surface area (Å²) in [5, 5.41) is 10.2. The average Bonchev–Trinajstić information content (AvgIpc) is 3.15. The Bertz CT molecular complexity index is 734. The number of carboxylic acids is 1. The smallest absolute Gasteiger partial charge is 0.312 e. The molecule has 138 valence electrons. The van der Waals surface area contributed by atoms with Crippen molar-refractivity contribution in [2.75, 3.05) is 19.6 Å². The van der Waals surface area contributed by atoms with Crippen LogP contribution >= 0.6 is 0 Å². The van der Waals surface area contributed by atoms with Gasteiger partial charge in [-0.15, -0.1) is 0 Å². The Morgan fingerprint density at radius 2 is 2.12 bits per heavy atom. The number of nitrogens with zero attached hydrogens (tertiary/aromatic N) is 3. The van der Waals surface area contributed by atoms with Crippen LogP contribution in [0.15, 0.2) is 42.7 Å². The topological polar surface area (TPSA) is 72.5 Å². The molecule has 3 heterocycles. The highest BCUT2D eigenvalue weighted by Crippen LogP contribution is 2.42. The van der Waals surface area contributed by atoms with E-state index >= 15 is 0 Å². The molecule has 2 aliphatic heterocycles. The molecule has 26 heavy (non-hydrogen) atoms. The molecule has 2 aromatic rings. The SMILES string of the molecule is O=C(O)[C@]12CCCN(Cc3ncc[nH]3)[C@@H]1CCN(Cc1ccccc1)C2. The number of imidazole rings is 1. The zero-order chi connectivity index (χ0) is 18.0. The summed E-state index contributed by atoms with van der Waals surface area (Å²) in [6.45, 7) is 4.02. The van der Waals surface area contributed by atoms with Crippen molar-refractivity contribution in [3.63, 3.8) is 0 Å². The lowest BCUT2D eigenvalue weighted by molar-refractivity contribution is -0.165. The van der Waals surface area contributed by atoms with Crippen molar-refractivity contribution in [3.8, 4) is 0 Å². The van der Waals surface area contributed by atoms with Gasteiger partial charge in [-0.1, -0.05) is 30.3 Å². The molecule has 2 fully saturated rings. The summed E-state index contributed by atoms with van der Waals surface area (Å²) in [7, 11) is 0. The van der Waals surface area contributed by atoms with Crippen LogP contribution in [0.4, 0.5) is 0 Å². The number of aromatic nitrogens is 2. The fraction of sp³-hybridized carbons (Fsp3) is 0.500. The normalized spacial score (nSPS) is 27.2. The minimum Gasteiger partial charge on any atom is -0.481 e. The molecule has 0 amide bonds. The van der Waals surface area contributed by atoms with Crippen LogP contribution in [0.1, 0.15) is 30.7 Å². The van der Waals surface area contributed by atoms with Gasteiger partial charge in [0.1, 0.15) is 5.82 Å². The fourth-order valence-electron chi connectivity index (χ4n) is 4.76. The molecule has 4 rings (SSSR count). The maximum Gasteiger partial charge on any atom is 0.312 e. The van der Waals surface area contributed by atoms with E-state index in [0.29, 0.717) is 13.1 Å². The van der Waals surface area contributed by atoms with E-state index in [2.05, 4.69) is 31.9 Å². The van der Waals surface area contributed by atoms with Gasteiger partial charge < -0.3 is 10.1 Å². The van der Waals surface area contributed by atoms with E-state index < -0.39 is 11.4 Å². The third kappa shape index (κ3) is 3.27. The number of hydrogen-bond donors (Lipinski definition) is 2. The molecule has 0 aliphatic carbocycles. The van der Waals surface area contributed by atoms with Crippen LogP contribution in [0.5, 0.6) is 0 Å². The predicted molar refractivity (Wildman–Crippen MR) is 98.4 cm³/mol. The predicted octanol–water partition coefficient (Wildman–Crippen LogP) is 2.35. The lowest BCUT2D eigenvalue weighted by atomic mass is 9.69. The van der Waals surface area contributed by atoms with Crippen molar-refractivity contribution in [1.82, 2.24) is 19.8 Å². The maximum atomic E-state index is 12.4. The van der Waals surface area contributed by atoms with Crippen molar-refractivity contribution in [2.24, 2.45) is 5.41 Å². The van der Waals surface area contributed by atoms with Crippen LogP contribution in [0.2, 0.25) is 0 Å². The summed E-state index contributed by atoms with van der Waals surface area (Å²) in [5.41, 5.74) is 0.562. The monoisotopic (exact) mass is 354 g/mol. The first kappa shape index (κ1) is 17.2. The average molecular weight is 354 g/mol. The number of nitrogens with one attached hydrogen (secondary N) is 1. The Morgan fingerprint density at radius 3 is 2.85 bits per heavy atom. The van der Waals surface area contributed by atoms with Crippen molar-refractivity contribution < 1.29 is 9.90 Å². The number of hydrogen-bond acceptors (Lipinski definition) is 4.